The van der Waals surface area contributed by atoms with E-state index in [1.54, 1.807) is 0 Å². The molecule has 22 heavy (non-hydrogen) atoms. The van der Waals surface area contributed by atoms with Crippen LogP contribution >= 0.6 is 0 Å². The van der Waals surface area contributed by atoms with Crippen molar-refractivity contribution in [2.75, 3.05) is 18.5 Å². The number of carbonyl (C=O) groups is 2. The molecule has 0 spiro atoms. The van der Waals surface area contributed by atoms with E-state index in [0.717, 1.165) is 12.8 Å². The van der Waals surface area contributed by atoms with Crippen molar-refractivity contribution in [3.05, 3.63) is 24.3 Å². The van der Waals surface area contributed by atoms with Gasteiger partial charge in [0.15, 0.2) is 0 Å². The molecule has 1 aliphatic heterocycles. The molecule has 120 valence electrons. The Morgan fingerprint density at radius 2 is 1.91 bits per heavy atom. The van der Waals surface area contributed by atoms with Gasteiger partial charge in [-0.3, -0.25) is 9.59 Å². The molecular weight excluding hydrogens is 310 g/mol. The van der Waals surface area contributed by atoms with E-state index in [0.29, 0.717) is 12.3 Å². The zero-order valence-corrected chi connectivity index (χ0v) is 12.6. The highest BCUT2D eigenvalue weighted by molar-refractivity contribution is 7.89. The number of anilines is 1. The summed E-state index contributed by atoms with van der Waals surface area (Å²) in [5, 5.41) is 9.82. The third-order valence-corrected chi connectivity index (χ3v) is 4.09. The molecule has 1 saturated heterocycles. The summed E-state index contributed by atoms with van der Waals surface area (Å²) in [6, 6.07) is 5.19. The largest absolute Gasteiger partial charge is 0.376 e. The molecule has 1 aromatic rings. The van der Waals surface area contributed by atoms with E-state index in [4.69, 9.17) is 9.88 Å². The van der Waals surface area contributed by atoms with Crippen LogP contribution in [0.25, 0.3) is 0 Å². The second-order valence-corrected chi connectivity index (χ2v) is 6.43. The van der Waals surface area contributed by atoms with Crippen molar-refractivity contribution < 1.29 is 22.7 Å². The number of amides is 2. The lowest BCUT2D eigenvalue weighted by atomic mass is 10.2. The summed E-state index contributed by atoms with van der Waals surface area (Å²) in [5.41, 5.74) is 0.296. The van der Waals surface area contributed by atoms with Crippen LogP contribution in [0.2, 0.25) is 0 Å². The van der Waals surface area contributed by atoms with Crippen molar-refractivity contribution in [3.8, 4) is 0 Å². The maximum absolute atomic E-state index is 11.7. The van der Waals surface area contributed by atoms with Gasteiger partial charge in [0, 0.05) is 18.8 Å². The van der Waals surface area contributed by atoms with Crippen LogP contribution in [0, 0.1) is 0 Å². The number of sulfonamides is 1. The SMILES string of the molecule is NS(=O)(=O)c1ccc(NC(=O)C(=O)NCC2CCCO2)cc1. The molecule has 4 N–H and O–H groups in total. The number of carbonyl (C=O) groups excluding carboxylic acids is 2. The molecule has 2 amide bonds. The molecule has 8 nitrogen and oxygen atoms in total. The van der Waals surface area contributed by atoms with Gasteiger partial charge in [-0.25, -0.2) is 13.6 Å². The Kier molecular flexibility index (Phi) is 5.11. The standard InChI is InChI=1S/C13H17N3O5S/c14-22(19,20)11-5-3-9(4-6-11)16-13(18)12(17)15-8-10-2-1-7-21-10/h3-6,10H,1-2,7-8H2,(H,15,17)(H,16,18)(H2,14,19,20). The molecule has 9 heteroatoms. The minimum absolute atomic E-state index is 0.0502. The third kappa shape index (κ3) is 4.52. The predicted molar refractivity (Wildman–Crippen MR) is 78.4 cm³/mol. The van der Waals surface area contributed by atoms with Gasteiger partial charge >= 0.3 is 11.8 Å². The number of hydrogen-bond acceptors (Lipinski definition) is 5. The molecular formula is C13H17N3O5S. The minimum Gasteiger partial charge on any atom is -0.376 e. The van der Waals surface area contributed by atoms with Gasteiger partial charge in [-0.15, -0.1) is 0 Å². The highest BCUT2D eigenvalue weighted by Gasteiger charge is 2.19. The summed E-state index contributed by atoms with van der Waals surface area (Å²) >= 11 is 0. The van der Waals surface area contributed by atoms with Crippen LogP contribution in [0.4, 0.5) is 5.69 Å². The van der Waals surface area contributed by atoms with Crippen LogP contribution < -0.4 is 15.8 Å². The summed E-state index contributed by atoms with van der Waals surface area (Å²) in [4.78, 5) is 23.3. The number of nitrogens with one attached hydrogen (secondary N) is 2. The fourth-order valence-corrected chi connectivity index (χ4v) is 2.52. The highest BCUT2D eigenvalue weighted by atomic mass is 32.2. The monoisotopic (exact) mass is 327 g/mol. The molecule has 1 unspecified atom stereocenters. The Balaban J connectivity index is 1.86. The molecule has 0 saturated carbocycles. The van der Waals surface area contributed by atoms with Gasteiger partial charge in [-0.05, 0) is 37.1 Å². The van der Waals surface area contributed by atoms with Crippen molar-refractivity contribution in [1.82, 2.24) is 5.32 Å². The topological polar surface area (TPSA) is 128 Å². The smallest absolute Gasteiger partial charge is 0.313 e. The van der Waals surface area contributed by atoms with Crippen molar-refractivity contribution in [1.29, 1.82) is 0 Å². The molecule has 1 atom stereocenters. The second kappa shape index (κ2) is 6.86. The quantitative estimate of drug-likeness (QED) is 0.646. The molecule has 0 radical (unpaired) electrons. The molecule has 1 heterocycles. The van der Waals surface area contributed by atoms with E-state index in [2.05, 4.69) is 10.6 Å². The van der Waals surface area contributed by atoms with Crippen molar-refractivity contribution in [3.63, 3.8) is 0 Å². The number of ether oxygens (including phenoxy) is 1. The van der Waals surface area contributed by atoms with Crippen molar-refractivity contribution >= 4 is 27.5 Å². The molecule has 1 aliphatic rings. The summed E-state index contributed by atoms with van der Waals surface area (Å²) in [6.07, 6.45) is 1.76. The second-order valence-electron chi connectivity index (χ2n) is 4.87. The average molecular weight is 327 g/mol. The lowest BCUT2D eigenvalue weighted by Gasteiger charge is -2.10. The first-order valence-electron chi connectivity index (χ1n) is 6.70. The van der Waals surface area contributed by atoms with E-state index in [-0.39, 0.29) is 17.5 Å². The Morgan fingerprint density at radius 1 is 1.23 bits per heavy atom. The van der Waals surface area contributed by atoms with Crippen LogP contribution in [-0.4, -0.2) is 39.5 Å². The normalized spacial score (nSPS) is 18.0. The van der Waals surface area contributed by atoms with E-state index in [1.807, 2.05) is 0 Å². The lowest BCUT2D eigenvalue weighted by molar-refractivity contribution is -0.136. The number of primary sulfonamides is 1. The Labute approximate surface area is 128 Å². The van der Waals surface area contributed by atoms with Crippen LogP contribution in [0.5, 0.6) is 0 Å². The predicted octanol–water partition coefficient (Wildman–Crippen LogP) is -0.432. The molecule has 0 bridgehead atoms. The number of hydrogen-bond donors (Lipinski definition) is 3. The molecule has 1 fully saturated rings. The lowest BCUT2D eigenvalue weighted by Crippen LogP contribution is -2.39. The maximum atomic E-state index is 11.7. The Hall–Kier alpha value is -1.97. The van der Waals surface area contributed by atoms with Gasteiger partial charge < -0.3 is 15.4 Å². The fourth-order valence-electron chi connectivity index (χ4n) is 2.01. The number of rotatable bonds is 4. The van der Waals surface area contributed by atoms with E-state index >= 15 is 0 Å². The number of nitrogens with two attached hydrogens (primary N) is 1. The van der Waals surface area contributed by atoms with Gasteiger partial charge in [0.2, 0.25) is 10.0 Å². The zero-order chi connectivity index (χ0) is 16.2. The maximum Gasteiger partial charge on any atom is 0.313 e. The summed E-state index contributed by atoms with van der Waals surface area (Å²) in [7, 11) is -3.79. The number of benzene rings is 1. The van der Waals surface area contributed by atoms with E-state index in [9.17, 15) is 18.0 Å². The summed E-state index contributed by atoms with van der Waals surface area (Å²) < 4.78 is 27.5. The van der Waals surface area contributed by atoms with E-state index in [1.165, 1.54) is 24.3 Å². The third-order valence-electron chi connectivity index (χ3n) is 3.16. The van der Waals surface area contributed by atoms with Crippen LogP contribution in [0.1, 0.15) is 12.8 Å². The zero-order valence-electron chi connectivity index (χ0n) is 11.7. The van der Waals surface area contributed by atoms with Gasteiger partial charge in [-0.2, -0.15) is 0 Å². The van der Waals surface area contributed by atoms with Crippen LogP contribution in [0.3, 0.4) is 0 Å². The molecule has 0 aromatic heterocycles. The first kappa shape index (κ1) is 16.4. The molecule has 2 rings (SSSR count). The Morgan fingerprint density at radius 3 is 2.45 bits per heavy atom. The average Bonchev–Trinajstić information content (AvgIpc) is 2.97. The molecule has 0 aliphatic carbocycles. The summed E-state index contributed by atoms with van der Waals surface area (Å²) in [5.74, 6) is -1.60. The highest BCUT2D eigenvalue weighted by Crippen LogP contribution is 2.13. The fraction of sp³-hybridized carbons (Fsp3) is 0.385. The van der Waals surface area contributed by atoms with Crippen LogP contribution in [0.15, 0.2) is 29.2 Å². The van der Waals surface area contributed by atoms with Gasteiger partial charge in [0.05, 0.1) is 11.0 Å². The van der Waals surface area contributed by atoms with Gasteiger partial charge in [0.25, 0.3) is 0 Å². The van der Waals surface area contributed by atoms with Gasteiger partial charge in [-0.1, -0.05) is 0 Å². The summed E-state index contributed by atoms with van der Waals surface area (Å²) in [6.45, 7) is 0.958. The first-order chi connectivity index (χ1) is 10.4. The van der Waals surface area contributed by atoms with Crippen molar-refractivity contribution in [2.24, 2.45) is 5.14 Å². The minimum atomic E-state index is -3.79. The van der Waals surface area contributed by atoms with Crippen LogP contribution in [-0.2, 0) is 24.3 Å². The molecule has 1 aromatic carbocycles. The van der Waals surface area contributed by atoms with Crippen molar-refractivity contribution in [2.45, 2.75) is 23.8 Å². The van der Waals surface area contributed by atoms with Gasteiger partial charge in [0.1, 0.15) is 0 Å². The first-order valence-corrected chi connectivity index (χ1v) is 8.24. The van der Waals surface area contributed by atoms with E-state index < -0.39 is 21.8 Å². The Bertz CT molecular complexity index is 651.